The molecule has 11 heteroatoms. The fourth-order valence-electron chi connectivity index (χ4n) is 7.98. The first kappa shape index (κ1) is 32.3. The number of phenolic OH excluding ortho intramolecular Hbond substituents is 1. The van der Waals surface area contributed by atoms with Crippen LogP contribution in [0.3, 0.4) is 0 Å². The van der Waals surface area contributed by atoms with Crippen molar-refractivity contribution in [2.45, 2.75) is 57.0 Å². The van der Waals surface area contributed by atoms with E-state index in [0.29, 0.717) is 59.1 Å². The quantitative estimate of drug-likeness (QED) is 0.196. The Hall–Kier alpha value is -5.26. The van der Waals surface area contributed by atoms with E-state index >= 15 is 4.39 Å². The summed E-state index contributed by atoms with van der Waals surface area (Å²) in [4.78, 5) is 31.0. The van der Waals surface area contributed by atoms with Gasteiger partial charge in [-0.05, 0) is 88.2 Å². The number of anilines is 1. The van der Waals surface area contributed by atoms with Crippen LogP contribution in [0.15, 0.2) is 49.2 Å². The van der Waals surface area contributed by atoms with E-state index in [4.69, 9.17) is 16.1 Å². The van der Waals surface area contributed by atoms with Gasteiger partial charge in [0.05, 0.1) is 28.5 Å². The number of hydrogen-bond acceptors (Lipinski definition) is 9. The van der Waals surface area contributed by atoms with Crippen LogP contribution in [0.1, 0.15) is 51.0 Å². The van der Waals surface area contributed by atoms with Crippen LogP contribution in [-0.2, 0) is 4.79 Å². The van der Waals surface area contributed by atoms with Crippen LogP contribution in [0.25, 0.3) is 32.9 Å². The molecule has 3 aliphatic rings. The molecule has 2 atom stereocenters. The highest BCUT2D eigenvalue weighted by atomic mass is 19.1. The van der Waals surface area contributed by atoms with E-state index in [9.17, 15) is 15.2 Å². The standard InChI is InChI=1S/C38H38FN7O3/c1-4-24-10-6-11-25-18-26(47)19-27(31(24)25)33-32(39)34-28(20-41-33)35(44-36(43-34)49-23-38-13-8-16-46(38)17-9-14-38)45-15-7-12-37(3,22-40)29(21-45)42-30(48)5-2/h1,5-6,10-11,18-20,29,47H,2,7-9,12-17,21,23H2,3H3,(H,42,48)/t29-,37+/m1/s1. The minimum Gasteiger partial charge on any atom is -0.508 e. The maximum absolute atomic E-state index is 17.0. The number of nitrogens with zero attached hydrogens (tertiary/aromatic N) is 6. The van der Waals surface area contributed by atoms with Gasteiger partial charge in [-0.3, -0.25) is 14.7 Å². The molecule has 0 bridgehead atoms. The largest absolute Gasteiger partial charge is 0.508 e. The first-order chi connectivity index (χ1) is 23.7. The molecule has 0 unspecified atom stereocenters. The van der Waals surface area contributed by atoms with Crippen LogP contribution in [0, 0.1) is 34.9 Å². The zero-order valence-corrected chi connectivity index (χ0v) is 27.5. The van der Waals surface area contributed by atoms with Gasteiger partial charge in [0, 0.05) is 35.8 Å². The van der Waals surface area contributed by atoms with Gasteiger partial charge in [-0.2, -0.15) is 15.2 Å². The van der Waals surface area contributed by atoms with Crippen molar-refractivity contribution in [1.82, 2.24) is 25.2 Å². The number of aromatic hydroxyl groups is 1. The van der Waals surface area contributed by atoms with Crippen LogP contribution in [0.2, 0.25) is 0 Å². The number of nitrogens with one attached hydrogen (secondary N) is 1. The first-order valence-electron chi connectivity index (χ1n) is 16.7. The smallest absolute Gasteiger partial charge is 0.319 e. The Bertz CT molecular complexity index is 2060. The molecule has 5 heterocycles. The fourth-order valence-corrected chi connectivity index (χ4v) is 7.98. The predicted molar refractivity (Wildman–Crippen MR) is 185 cm³/mol. The Labute approximate surface area is 284 Å². The summed E-state index contributed by atoms with van der Waals surface area (Å²) in [5, 5.41) is 25.3. The summed E-state index contributed by atoms with van der Waals surface area (Å²) in [6.07, 6.45) is 13.9. The van der Waals surface area contributed by atoms with Gasteiger partial charge in [-0.1, -0.05) is 24.6 Å². The summed E-state index contributed by atoms with van der Waals surface area (Å²) in [6.45, 7) is 8.58. The zero-order valence-electron chi connectivity index (χ0n) is 27.5. The monoisotopic (exact) mass is 659 g/mol. The first-order valence-corrected chi connectivity index (χ1v) is 16.7. The third-order valence-electron chi connectivity index (χ3n) is 10.6. The number of rotatable bonds is 7. The molecule has 250 valence electrons. The van der Waals surface area contributed by atoms with E-state index in [0.717, 1.165) is 38.8 Å². The number of amides is 1. The van der Waals surface area contributed by atoms with Gasteiger partial charge in [-0.25, -0.2) is 4.39 Å². The molecule has 2 aromatic carbocycles. The number of benzene rings is 2. The summed E-state index contributed by atoms with van der Waals surface area (Å²) in [7, 11) is 0. The van der Waals surface area contributed by atoms with Crippen molar-refractivity contribution in [2.75, 3.05) is 37.7 Å². The number of terminal acetylenes is 1. The van der Waals surface area contributed by atoms with E-state index in [2.05, 4.69) is 38.8 Å². The van der Waals surface area contributed by atoms with Gasteiger partial charge in [-0.15, -0.1) is 6.42 Å². The molecule has 1 amide bonds. The predicted octanol–water partition coefficient (Wildman–Crippen LogP) is 5.48. The average molecular weight is 660 g/mol. The highest BCUT2D eigenvalue weighted by Gasteiger charge is 2.45. The molecule has 0 radical (unpaired) electrons. The maximum atomic E-state index is 17.0. The van der Waals surface area contributed by atoms with Crippen molar-refractivity contribution in [1.29, 1.82) is 5.26 Å². The molecular weight excluding hydrogens is 621 g/mol. The summed E-state index contributed by atoms with van der Waals surface area (Å²) in [5.41, 5.74) is -0.0908. The number of phenols is 1. The molecular formula is C38H38FN7O3. The minimum absolute atomic E-state index is 0.00542. The van der Waals surface area contributed by atoms with Crippen molar-refractivity contribution in [3.8, 4) is 41.4 Å². The van der Waals surface area contributed by atoms with E-state index in [-0.39, 0.29) is 41.0 Å². The number of fused-ring (bicyclic) bond motifs is 3. The van der Waals surface area contributed by atoms with Crippen LogP contribution < -0.4 is 15.0 Å². The lowest BCUT2D eigenvalue weighted by molar-refractivity contribution is -0.117. The summed E-state index contributed by atoms with van der Waals surface area (Å²) < 4.78 is 23.4. The normalized spacial score (nSPS) is 21.9. The van der Waals surface area contributed by atoms with Crippen LogP contribution in [0.5, 0.6) is 11.8 Å². The molecule has 4 aromatic rings. The lowest BCUT2D eigenvalue weighted by Crippen LogP contribution is -2.50. The van der Waals surface area contributed by atoms with Gasteiger partial charge in [0.25, 0.3) is 0 Å². The highest BCUT2D eigenvalue weighted by molar-refractivity contribution is 6.02. The molecule has 49 heavy (non-hydrogen) atoms. The third-order valence-corrected chi connectivity index (χ3v) is 10.6. The average Bonchev–Trinajstić information content (AvgIpc) is 3.65. The SMILES string of the molecule is C#Cc1cccc2cc(O)cc(-c3ncc4c(N5CCC[C@@](C)(C#N)[C@H](NC(=O)C=C)C5)nc(OCC56CCCN5CCC6)nc4c3F)c12. The number of halogens is 1. The topological polar surface area (TPSA) is 128 Å². The highest BCUT2D eigenvalue weighted by Crippen LogP contribution is 2.41. The number of pyridine rings is 1. The lowest BCUT2D eigenvalue weighted by Gasteiger charge is -2.33. The van der Waals surface area contributed by atoms with Crippen molar-refractivity contribution >= 4 is 33.4 Å². The van der Waals surface area contributed by atoms with Gasteiger partial charge in [0.15, 0.2) is 5.82 Å². The van der Waals surface area contributed by atoms with Crippen LogP contribution in [-0.4, -0.2) is 75.2 Å². The van der Waals surface area contributed by atoms with Gasteiger partial charge in [0.1, 0.15) is 29.4 Å². The Balaban J connectivity index is 1.38. The molecule has 10 nitrogen and oxygen atoms in total. The van der Waals surface area contributed by atoms with Crippen molar-refractivity contribution in [3.05, 3.63) is 60.6 Å². The second kappa shape index (κ2) is 12.6. The molecule has 2 N–H and O–H groups in total. The van der Waals surface area contributed by atoms with Crippen molar-refractivity contribution in [2.24, 2.45) is 5.41 Å². The van der Waals surface area contributed by atoms with Crippen LogP contribution >= 0.6 is 0 Å². The summed E-state index contributed by atoms with van der Waals surface area (Å²) in [5.74, 6) is 1.92. The van der Waals surface area contributed by atoms with E-state index in [1.54, 1.807) is 24.3 Å². The number of ether oxygens (including phenoxy) is 1. The Kier molecular flexibility index (Phi) is 8.33. The van der Waals surface area contributed by atoms with E-state index in [1.807, 2.05) is 11.8 Å². The fraction of sp³-hybridized carbons (Fsp3) is 0.395. The molecule has 3 saturated heterocycles. The van der Waals surface area contributed by atoms with Crippen LogP contribution in [0.4, 0.5) is 10.2 Å². The van der Waals surface area contributed by atoms with Crippen molar-refractivity contribution in [3.63, 3.8) is 0 Å². The second-order valence-corrected chi connectivity index (χ2v) is 13.6. The van der Waals surface area contributed by atoms with E-state index < -0.39 is 17.3 Å². The second-order valence-electron chi connectivity index (χ2n) is 13.6. The Morgan fingerprint density at radius 2 is 2.00 bits per heavy atom. The lowest BCUT2D eigenvalue weighted by atomic mass is 9.80. The Morgan fingerprint density at radius 1 is 1.22 bits per heavy atom. The number of hydrogen-bond donors (Lipinski definition) is 2. The third kappa shape index (κ3) is 5.68. The maximum Gasteiger partial charge on any atom is 0.319 e. The summed E-state index contributed by atoms with van der Waals surface area (Å²) >= 11 is 0. The number of carbonyl (C=O) groups is 1. The summed E-state index contributed by atoms with van der Waals surface area (Å²) in [6, 6.07) is 10.3. The van der Waals surface area contributed by atoms with Gasteiger partial charge in [0.2, 0.25) is 5.91 Å². The molecule has 7 rings (SSSR count). The number of nitriles is 1. The number of aromatic nitrogens is 3. The zero-order chi connectivity index (χ0) is 34.3. The minimum atomic E-state index is -0.856. The number of carbonyl (C=O) groups excluding carboxylic acids is 1. The molecule has 2 aromatic heterocycles. The molecule has 3 fully saturated rings. The molecule has 0 saturated carbocycles. The molecule has 0 aliphatic carbocycles. The molecule has 0 spiro atoms. The van der Waals surface area contributed by atoms with Gasteiger partial charge >= 0.3 is 6.01 Å². The van der Waals surface area contributed by atoms with E-state index in [1.165, 1.54) is 18.3 Å². The molecule has 3 aliphatic heterocycles. The van der Waals surface area contributed by atoms with Crippen molar-refractivity contribution < 1.29 is 19.0 Å². The van der Waals surface area contributed by atoms with Gasteiger partial charge < -0.3 is 20.1 Å². The Morgan fingerprint density at radius 3 is 2.73 bits per heavy atom.